The van der Waals surface area contributed by atoms with Gasteiger partial charge >= 0.3 is 0 Å². The Kier molecular flexibility index (Phi) is 6.09. The third kappa shape index (κ3) is 5.34. The second kappa shape index (κ2) is 7.83. The molecule has 0 heterocycles. The minimum atomic E-state index is 0.483. The highest BCUT2D eigenvalue weighted by atomic mass is 79.9. The second-order valence-corrected chi connectivity index (χ2v) is 6.49. The molecule has 2 aromatic carbocycles. The maximum Gasteiger partial charge on any atom is 0.119 e. The van der Waals surface area contributed by atoms with Gasteiger partial charge in [0, 0.05) is 27.6 Å². The molecule has 0 fully saturated rings. The molecule has 1 N–H and O–H groups in total. The zero-order chi connectivity index (χ0) is 15.2. The third-order valence-electron chi connectivity index (χ3n) is 3.04. The fourth-order valence-corrected chi connectivity index (χ4v) is 2.50. The van der Waals surface area contributed by atoms with Crippen LogP contribution < -0.4 is 10.1 Å². The molecule has 21 heavy (non-hydrogen) atoms. The monoisotopic (exact) mass is 367 g/mol. The molecular formula is C17H19BrClNO. The smallest absolute Gasteiger partial charge is 0.119 e. The molecule has 0 aliphatic heterocycles. The van der Waals surface area contributed by atoms with Gasteiger partial charge in [0.05, 0.1) is 0 Å². The predicted octanol–water partition coefficient (Wildman–Crippen LogP) is 5.18. The van der Waals surface area contributed by atoms with E-state index >= 15 is 0 Å². The second-order valence-electron chi connectivity index (χ2n) is 5.20. The molecule has 0 radical (unpaired) electrons. The van der Waals surface area contributed by atoms with Gasteiger partial charge in [-0.2, -0.15) is 0 Å². The van der Waals surface area contributed by atoms with E-state index in [1.165, 1.54) is 5.56 Å². The summed E-state index contributed by atoms with van der Waals surface area (Å²) >= 11 is 9.46. The molecule has 0 saturated heterocycles. The van der Waals surface area contributed by atoms with Crippen LogP contribution in [-0.2, 0) is 13.2 Å². The van der Waals surface area contributed by atoms with Crippen molar-refractivity contribution in [3.05, 3.63) is 63.1 Å². The zero-order valence-electron chi connectivity index (χ0n) is 12.2. The lowest BCUT2D eigenvalue weighted by Gasteiger charge is -2.11. The molecule has 0 saturated carbocycles. The molecule has 2 aromatic rings. The van der Waals surface area contributed by atoms with Crippen LogP contribution in [0.3, 0.4) is 0 Å². The van der Waals surface area contributed by atoms with Gasteiger partial charge in [0.25, 0.3) is 0 Å². The number of rotatable bonds is 6. The van der Waals surface area contributed by atoms with Crippen LogP contribution in [-0.4, -0.2) is 6.04 Å². The van der Waals surface area contributed by atoms with E-state index in [-0.39, 0.29) is 0 Å². The minimum Gasteiger partial charge on any atom is -0.489 e. The molecule has 4 heteroatoms. The molecule has 0 amide bonds. The average molecular weight is 369 g/mol. The lowest BCUT2D eigenvalue weighted by atomic mass is 10.1. The number of hydrogen-bond donors (Lipinski definition) is 1. The molecule has 112 valence electrons. The Hall–Kier alpha value is -1.03. The van der Waals surface area contributed by atoms with Crippen molar-refractivity contribution in [3.8, 4) is 5.75 Å². The van der Waals surface area contributed by atoms with Crippen molar-refractivity contribution in [2.45, 2.75) is 33.0 Å². The van der Waals surface area contributed by atoms with Crippen LogP contribution in [0.2, 0.25) is 5.02 Å². The van der Waals surface area contributed by atoms with Crippen molar-refractivity contribution in [1.82, 2.24) is 5.32 Å². The van der Waals surface area contributed by atoms with E-state index in [0.717, 1.165) is 22.3 Å². The van der Waals surface area contributed by atoms with Crippen LogP contribution in [0, 0.1) is 0 Å². The number of hydrogen-bond acceptors (Lipinski definition) is 2. The number of halogens is 2. The first-order chi connectivity index (χ1) is 10.0. The summed E-state index contributed by atoms with van der Waals surface area (Å²) in [7, 11) is 0. The fourth-order valence-electron chi connectivity index (χ4n) is 1.83. The maximum atomic E-state index is 5.85. The van der Waals surface area contributed by atoms with Gasteiger partial charge < -0.3 is 10.1 Å². The number of benzene rings is 2. The lowest BCUT2D eigenvalue weighted by Crippen LogP contribution is -2.21. The van der Waals surface area contributed by atoms with Gasteiger partial charge in [0.2, 0.25) is 0 Å². The lowest BCUT2D eigenvalue weighted by molar-refractivity contribution is 0.305. The minimum absolute atomic E-state index is 0.483. The van der Waals surface area contributed by atoms with Crippen LogP contribution in [0.15, 0.2) is 46.9 Å². The molecule has 0 spiro atoms. The Morgan fingerprint density at radius 3 is 2.48 bits per heavy atom. The first kappa shape index (κ1) is 16.3. The van der Waals surface area contributed by atoms with Crippen molar-refractivity contribution in [2.24, 2.45) is 0 Å². The first-order valence-corrected chi connectivity index (χ1v) is 8.11. The summed E-state index contributed by atoms with van der Waals surface area (Å²) in [5, 5.41) is 4.12. The molecule has 2 nitrogen and oxygen atoms in total. The van der Waals surface area contributed by atoms with Gasteiger partial charge in [0.15, 0.2) is 0 Å². The highest BCUT2D eigenvalue weighted by molar-refractivity contribution is 9.10. The maximum absolute atomic E-state index is 5.85. The summed E-state index contributed by atoms with van der Waals surface area (Å²) < 4.78 is 6.83. The van der Waals surface area contributed by atoms with E-state index in [4.69, 9.17) is 16.3 Å². The van der Waals surface area contributed by atoms with E-state index in [0.29, 0.717) is 17.7 Å². The van der Waals surface area contributed by atoms with Crippen LogP contribution in [0.1, 0.15) is 25.0 Å². The van der Waals surface area contributed by atoms with Crippen LogP contribution in [0.4, 0.5) is 0 Å². The quantitative estimate of drug-likeness (QED) is 0.758. The number of nitrogens with one attached hydrogen (secondary N) is 1. The summed E-state index contributed by atoms with van der Waals surface area (Å²) in [6.07, 6.45) is 0. The van der Waals surface area contributed by atoms with Crippen molar-refractivity contribution in [2.75, 3.05) is 0 Å². The third-order valence-corrected chi connectivity index (χ3v) is 4.03. The standard InChI is InChI=1S/C17H19BrClNO/c1-12(2)20-10-13-3-4-14(17(18)9-13)11-21-16-7-5-15(19)6-8-16/h3-9,12,20H,10-11H2,1-2H3. The SMILES string of the molecule is CC(C)NCc1ccc(COc2ccc(Cl)cc2)c(Br)c1. The van der Waals surface area contributed by atoms with Gasteiger partial charge in [-0.05, 0) is 35.9 Å². The van der Waals surface area contributed by atoms with Gasteiger partial charge in [-0.15, -0.1) is 0 Å². The molecule has 0 atom stereocenters. The Morgan fingerprint density at radius 2 is 1.86 bits per heavy atom. The highest BCUT2D eigenvalue weighted by Gasteiger charge is 2.04. The van der Waals surface area contributed by atoms with Crippen molar-refractivity contribution >= 4 is 27.5 Å². The van der Waals surface area contributed by atoms with E-state index in [1.54, 1.807) is 0 Å². The Labute approximate surface area is 139 Å². The normalized spacial score (nSPS) is 10.9. The largest absolute Gasteiger partial charge is 0.489 e. The van der Waals surface area contributed by atoms with Gasteiger partial charge in [-0.1, -0.05) is 53.5 Å². The van der Waals surface area contributed by atoms with E-state index in [2.05, 4.69) is 53.3 Å². The summed E-state index contributed by atoms with van der Waals surface area (Å²) in [4.78, 5) is 0. The Balaban J connectivity index is 1.95. The van der Waals surface area contributed by atoms with Gasteiger partial charge in [0.1, 0.15) is 12.4 Å². The summed E-state index contributed by atoms with van der Waals surface area (Å²) in [5.74, 6) is 0.817. The van der Waals surface area contributed by atoms with E-state index in [9.17, 15) is 0 Å². The number of ether oxygens (including phenoxy) is 1. The molecule has 0 aromatic heterocycles. The van der Waals surface area contributed by atoms with Crippen LogP contribution >= 0.6 is 27.5 Å². The highest BCUT2D eigenvalue weighted by Crippen LogP contribution is 2.22. The molecule has 0 bridgehead atoms. The molecule has 2 rings (SSSR count). The molecule has 0 aliphatic rings. The van der Waals surface area contributed by atoms with E-state index < -0.39 is 0 Å². The summed E-state index contributed by atoms with van der Waals surface area (Å²) in [5.41, 5.74) is 2.38. The van der Waals surface area contributed by atoms with Crippen LogP contribution in [0.5, 0.6) is 5.75 Å². The van der Waals surface area contributed by atoms with E-state index in [1.807, 2.05) is 24.3 Å². The van der Waals surface area contributed by atoms with Crippen molar-refractivity contribution in [3.63, 3.8) is 0 Å². The Bertz CT molecular complexity index is 584. The summed E-state index contributed by atoms with van der Waals surface area (Å²) in [6, 6.07) is 14.2. The summed E-state index contributed by atoms with van der Waals surface area (Å²) in [6.45, 7) is 5.68. The fraction of sp³-hybridized carbons (Fsp3) is 0.294. The van der Waals surface area contributed by atoms with Gasteiger partial charge in [-0.3, -0.25) is 0 Å². The molecular weight excluding hydrogens is 350 g/mol. The molecule has 0 unspecified atom stereocenters. The zero-order valence-corrected chi connectivity index (χ0v) is 14.5. The Morgan fingerprint density at radius 1 is 1.14 bits per heavy atom. The van der Waals surface area contributed by atoms with Crippen molar-refractivity contribution < 1.29 is 4.74 Å². The average Bonchev–Trinajstić information content (AvgIpc) is 2.46. The van der Waals surface area contributed by atoms with Crippen molar-refractivity contribution in [1.29, 1.82) is 0 Å². The predicted molar refractivity (Wildman–Crippen MR) is 91.9 cm³/mol. The van der Waals surface area contributed by atoms with Gasteiger partial charge in [-0.25, -0.2) is 0 Å². The first-order valence-electron chi connectivity index (χ1n) is 6.93. The topological polar surface area (TPSA) is 21.3 Å². The van der Waals surface area contributed by atoms with Crippen LogP contribution in [0.25, 0.3) is 0 Å². The molecule has 0 aliphatic carbocycles.